The molecule has 1 aliphatic carbocycles. The Bertz CT molecular complexity index is 1630. The maximum absolute atomic E-state index is 12.8. The van der Waals surface area contributed by atoms with Crippen LogP contribution in [0.2, 0.25) is 0 Å². The molecule has 0 radical (unpaired) electrons. The minimum absolute atomic E-state index is 0.0226. The Hall–Kier alpha value is -3.79. The predicted octanol–water partition coefficient (Wildman–Crippen LogP) is 8.36. The number of esters is 2. The van der Waals surface area contributed by atoms with Gasteiger partial charge in [-0.3, -0.25) is 18.6 Å². The van der Waals surface area contributed by atoms with E-state index in [9.17, 15) is 49.7 Å². The zero-order valence-electron chi connectivity index (χ0n) is 39.0. The van der Waals surface area contributed by atoms with Crippen LogP contribution in [0.3, 0.4) is 0 Å². The van der Waals surface area contributed by atoms with Crippen LogP contribution in [0.1, 0.15) is 123 Å². The molecule has 7 N–H and O–H groups in total. The summed E-state index contributed by atoms with van der Waals surface area (Å²) in [5, 5.41) is 60.6. The van der Waals surface area contributed by atoms with Gasteiger partial charge in [-0.25, -0.2) is 4.57 Å². The first-order chi connectivity index (χ1) is 31.8. The first-order valence-corrected chi connectivity index (χ1v) is 24.9. The van der Waals surface area contributed by atoms with Crippen LogP contribution in [0, 0.1) is 0 Å². The number of carbonyl (C=O) groups is 2. The highest BCUT2D eigenvalue weighted by Gasteiger charge is 2.51. The molecule has 15 heteroatoms. The Balaban J connectivity index is 2.59. The number of allylic oxidation sites excluding steroid dienone is 19. The summed E-state index contributed by atoms with van der Waals surface area (Å²) in [4.78, 5) is 35.8. The van der Waals surface area contributed by atoms with E-state index >= 15 is 0 Å². The highest BCUT2D eigenvalue weighted by molar-refractivity contribution is 7.47. The summed E-state index contributed by atoms with van der Waals surface area (Å²) in [6, 6.07) is 0. The third-order valence-corrected chi connectivity index (χ3v) is 10.9. The van der Waals surface area contributed by atoms with Gasteiger partial charge in [0.25, 0.3) is 0 Å². The van der Waals surface area contributed by atoms with E-state index < -0.39 is 81.8 Å². The molecule has 0 aromatic rings. The molecular weight excluding hydrogens is 868 g/mol. The number of unbranched alkanes of at least 4 members (excludes halogenated alkanes) is 4. The Morgan fingerprint density at radius 2 is 1.00 bits per heavy atom. The van der Waals surface area contributed by atoms with Crippen molar-refractivity contribution in [2.45, 2.75) is 172 Å². The molecule has 66 heavy (non-hydrogen) atoms. The minimum Gasteiger partial charge on any atom is -0.462 e. The number of rotatable bonds is 36. The summed E-state index contributed by atoms with van der Waals surface area (Å²) in [6.45, 7) is 2.83. The quantitative estimate of drug-likeness (QED) is 0.0103. The van der Waals surface area contributed by atoms with Crippen LogP contribution < -0.4 is 0 Å². The first kappa shape index (κ1) is 60.2. The average molecular weight is 947 g/mol. The molecule has 9 atom stereocenters. The molecule has 1 aliphatic rings. The zero-order valence-corrected chi connectivity index (χ0v) is 39.9. The monoisotopic (exact) mass is 947 g/mol. The van der Waals surface area contributed by atoms with Gasteiger partial charge in [0, 0.05) is 12.8 Å². The van der Waals surface area contributed by atoms with Crippen molar-refractivity contribution in [3.05, 3.63) is 122 Å². The number of aliphatic hydroxyl groups excluding tert-OH is 6. The number of phosphoric acid groups is 1. The molecule has 4 unspecified atom stereocenters. The van der Waals surface area contributed by atoms with Crippen molar-refractivity contribution in [2.24, 2.45) is 0 Å². The fourth-order valence-corrected chi connectivity index (χ4v) is 7.12. The molecule has 0 spiro atoms. The maximum Gasteiger partial charge on any atom is 0.472 e. The molecular formula is C51H79O14P. The summed E-state index contributed by atoms with van der Waals surface area (Å²) in [7, 11) is -5.20. The van der Waals surface area contributed by atoms with Crippen LogP contribution in [0.15, 0.2) is 122 Å². The predicted molar refractivity (Wildman–Crippen MR) is 259 cm³/mol. The van der Waals surface area contributed by atoms with Gasteiger partial charge in [-0.05, 0) is 83.5 Å². The molecule has 1 rings (SSSR count). The third-order valence-electron chi connectivity index (χ3n) is 9.92. The lowest BCUT2D eigenvalue weighted by molar-refractivity contribution is -0.220. The number of hydrogen-bond donors (Lipinski definition) is 7. The maximum atomic E-state index is 12.8. The highest BCUT2D eigenvalue weighted by atomic mass is 31.2. The van der Waals surface area contributed by atoms with E-state index in [1.807, 2.05) is 12.2 Å². The number of carbonyl (C=O) groups excluding carboxylic acids is 2. The number of phosphoric ester groups is 1. The Morgan fingerprint density at radius 1 is 0.545 bits per heavy atom. The second kappa shape index (κ2) is 39.2. The van der Waals surface area contributed by atoms with Gasteiger partial charge in [-0.15, -0.1) is 0 Å². The lowest BCUT2D eigenvalue weighted by Crippen LogP contribution is -2.64. The van der Waals surface area contributed by atoms with Crippen LogP contribution in [-0.4, -0.2) is 110 Å². The smallest absolute Gasteiger partial charge is 0.462 e. The van der Waals surface area contributed by atoms with E-state index in [-0.39, 0.29) is 19.3 Å². The molecule has 0 saturated heterocycles. The van der Waals surface area contributed by atoms with Crippen molar-refractivity contribution in [2.75, 3.05) is 13.2 Å². The summed E-state index contributed by atoms with van der Waals surface area (Å²) in [5.74, 6) is -1.42. The van der Waals surface area contributed by atoms with Crippen molar-refractivity contribution in [3.63, 3.8) is 0 Å². The van der Waals surface area contributed by atoms with E-state index in [0.717, 1.165) is 77.0 Å². The van der Waals surface area contributed by atoms with Gasteiger partial charge in [0.2, 0.25) is 0 Å². The van der Waals surface area contributed by atoms with E-state index in [0.29, 0.717) is 12.8 Å². The fraction of sp³-hybridized carbons (Fsp3) is 0.569. The summed E-state index contributed by atoms with van der Waals surface area (Å²) < 4.78 is 33.3. The molecule has 0 aliphatic heterocycles. The van der Waals surface area contributed by atoms with Crippen LogP contribution in [0.4, 0.5) is 0 Å². The largest absolute Gasteiger partial charge is 0.472 e. The minimum atomic E-state index is -5.20. The van der Waals surface area contributed by atoms with Gasteiger partial charge in [-0.1, -0.05) is 148 Å². The molecule has 372 valence electrons. The van der Waals surface area contributed by atoms with Crippen molar-refractivity contribution < 1.29 is 68.2 Å². The van der Waals surface area contributed by atoms with Gasteiger partial charge in [0.1, 0.15) is 43.2 Å². The normalized spacial score (nSPS) is 22.9. The van der Waals surface area contributed by atoms with E-state index in [4.69, 9.17) is 18.5 Å². The number of ether oxygens (including phenoxy) is 2. The molecule has 1 fully saturated rings. The van der Waals surface area contributed by atoms with E-state index in [2.05, 4.69) is 105 Å². The van der Waals surface area contributed by atoms with E-state index in [1.54, 1.807) is 12.2 Å². The highest BCUT2D eigenvalue weighted by Crippen LogP contribution is 2.47. The van der Waals surface area contributed by atoms with Crippen molar-refractivity contribution in [1.82, 2.24) is 0 Å². The molecule has 14 nitrogen and oxygen atoms in total. The van der Waals surface area contributed by atoms with Crippen LogP contribution in [0.5, 0.6) is 0 Å². The summed E-state index contributed by atoms with van der Waals surface area (Å²) in [5.41, 5.74) is 0. The van der Waals surface area contributed by atoms with Crippen molar-refractivity contribution in [1.29, 1.82) is 0 Å². The van der Waals surface area contributed by atoms with Gasteiger partial charge >= 0.3 is 19.8 Å². The summed E-state index contributed by atoms with van der Waals surface area (Å²) >= 11 is 0. The summed E-state index contributed by atoms with van der Waals surface area (Å²) in [6.07, 6.45) is 38.5. The van der Waals surface area contributed by atoms with Crippen LogP contribution in [0.25, 0.3) is 0 Å². The standard InChI is InChI=1S/C51H79O14P/c1-3-5-7-9-11-13-15-17-19-21-23-25-27-29-31-33-35-37-44(53)62-40-43(41-63-66(60,61)65-51-49(58)47(56)46(55)48(57)50(51)59)64-45(54)39-38-42(52)36-34-32-30-28-26-24-22-20-18-16-14-12-10-8-6-4-2/h5-8,11-14,17-20,23-26,30,32,34,36,42-43,46-52,55-59H,3-4,9-10,15-16,21-22,27-29,31,33,35,37-41H2,1-2H3,(H,60,61)/b7-5-,8-6-,13-11-,14-12-,19-17-,20-18-,25-23-,26-24-,32-30-,36-34-/t42?,43-,46?,47-,48+,49-,50-,51?/m1/s1. The SMILES string of the molecule is CC/C=C\C/C=C\C/C=C\C/C=C\C/C=C\C=C/C(O)CCC(=O)O[C@H](COC(=O)CCCCCC/C=C\C/C=C\C/C=C\C/C=C\CC)COP(=O)(O)OC1[C@H](O)[C@H](O)C(O)[C@H](O)[C@H]1O. The second-order valence-corrected chi connectivity index (χ2v) is 17.1. The van der Waals surface area contributed by atoms with Gasteiger partial charge < -0.3 is 45.0 Å². The zero-order chi connectivity index (χ0) is 48.7. The third kappa shape index (κ3) is 31.2. The molecule has 1 saturated carbocycles. The van der Waals surface area contributed by atoms with E-state index in [1.165, 1.54) is 6.08 Å². The Kier molecular flexibility index (Phi) is 35.8. The van der Waals surface area contributed by atoms with Gasteiger partial charge in [-0.2, -0.15) is 0 Å². The lowest BCUT2D eigenvalue weighted by atomic mass is 9.85. The molecule has 0 amide bonds. The number of aliphatic hydroxyl groups is 6. The van der Waals surface area contributed by atoms with Gasteiger partial charge in [0.05, 0.1) is 12.7 Å². The van der Waals surface area contributed by atoms with Crippen molar-refractivity contribution in [3.8, 4) is 0 Å². The molecule has 0 aromatic carbocycles. The Labute approximate surface area is 393 Å². The molecule has 0 aromatic heterocycles. The number of hydrogen-bond acceptors (Lipinski definition) is 13. The van der Waals surface area contributed by atoms with Crippen molar-refractivity contribution >= 4 is 19.8 Å². The van der Waals surface area contributed by atoms with Crippen LogP contribution in [-0.2, 0) is 32.7 Å². The Morgan fingerprint density at radius 3 is 1.52 bits per heavy atom. The lowest BCUT2D eigenvalue weighted by Gasteiger charge is -2.41. The van der Waals surface area contributed by atoms with Gasteiger partial charge in [0.15, 0.2) is 6.10 Å². The average Bonchev–Trinajstić information content (AvgIpc) is 3.30. The topological polar surface area (TPSA) is 230 Å². The fourth-order valence-electron chi connectivity index (χ4n) is 6.15. The molecule has 0 heterocycles. The molecule has 0 bridgehead atoms. The second-order valence-electron chi connectivity index (χ2n) is 15.7. The van der Waals surface area contributed by atoms with Crippen LogP contribution >= 0.6 is 7.82 Å². The first-order valence-electron chi connectivity index (χ1n) is 23.4.